The van der Waals surface area contributed by atoms with E-state index in [2.05, 4.69) is 10.3 Å². The van der Waals surface area contributed by atoms with Crippen LogP contribution in [0.5, 0.6) is 5.75 Å². The summed E-state index contributed by atoms with van der Waals surface area (Å²) >= 11 is 1.37. The largest absolute Gasteiger partial charge is 0.479 e. The van der Waals surface area contributed by atoms with Gasteiger partial charge in [-0.2, -0.15) is 0 Å². The van der Waals surface area contributed by atoms with Crippen molar-refractivity contribution in [3.8, 4) is 17.0 Å². The molecule has 1 atom stereocenters. The fourth-order valence-electron chi connectivity index (χ4n) is 2.42. The molecular formula is C18H21N3O3S. The van der Waals surface area contributed by atoms with Gasteiger partial charge in [0.05, 0.1) is 11.4 Å². The molecule has 0 saturated carbocycles. The lowest BCUT2D eigenvalue weighted by atomic mass is 9.96. The van der Waals surface area contributed by atoms with Crippen LogP contribution in [0.3, 0.4) is 0 Å². The number of aromatic nitrogens is 1. The molecule has 1 aliphatic heterocycles. The molecule has 1 aliphatic rings. The van der Waals surface area contributed by atoms with Gasteiger partial charge in [-0.3, -0.25) is 9.59 Å². The second kappa shape index (κ2) is 6.15. The smallest absolute Gasteiger partial charge is 0.267 e. The zero-order valence-corrected chi connectivity index (χ0v) is 15.7. The number of ether oxygens (including phenoxy) is 1. The Balaban J connectivity index is 1.87. The number of carbonyl (C=O) groups is 2. The Morgan fingerprint density at radius 1 is 1.36 bits per heavy atom. The molecule has 2 aromatic rings. The van der Waals surface area contributed by atoms with E-state index in [-0.39, 0.29) is 11.8 Å². The van der Waals surface area contributed by atoms with Crippen molar-refractivity contribution in [2.24, 2.45) is 5.41 Å². The van der Waals surface area contributed by atoms with Gasteiger partial charge in [-0.25, -0.2) is 4.98 Å². The third-order valence-electron chi connectivity index (χ3n) is 4.00. The first-order chi connectivity index (χ1) is 11.7. The number of nitrogens with one attached hydrogen (secondary N) is 1. The van der Waals surface area contributed by atoms with Crippen LogP contribution in [0, 0.1) is 5.41 Å². The van der Waals surface area contributed by atoms with Crippen LogP contribution in [0.1, 0.15) is 27.7 Å². The summed E-state index contributed by atoms with van der Waals surface area (Å²) in [7, 11) is 1.74. The molecule has 0 radical (unpaired) electrons. The highest BCUT2D eigenvalue weighted by Gasteiger charge is 2.29. The van der Waals surface area contributed by atoms with E-state index in [1.165, 1.54) is 11.3 Å². The summed E-state index contributed by atoms with van der Waals surface area (Å²) in [6, 6.07) is 5.62. The molecule has 25 heavy (non-hydrogen) atoms. The topological polar surface area (TPSA) is 71.5 Å². The van der Waals surface area contributed by atoms with E-state index in [0.29, 0.717) is 16.6 Å². The summed E-state index contributed by atoms with van der Waals surface area (Å²) in [4.78, 5) is 30.3. The van der Waals surface area contributed by atoms with Crippen molar-refractivity contribution in [3.63, 3.8) is 0 Å². The Bertz CT molecular complexity index is 838. The van der Waals surface area contributed by atoms with Crippen LogP contribution in [-0.2, 0) is 9.59 Å². The molecule has 0 aliphatic carbocycles. The first-order valence-corrected chi connectivity index (χ1v) is 8.90. The van der Waals surface area contributed by atoms with Gasteiger partial charge in [0.1, 0.15) is 5.75 Å². The van der Waals surface area contributed by atoms with E-state index in [4.69, 9.17) is 4.74 Å². The van der Waals surface area contributed by atoms with E-state index in [9.17, 15) is 9.59 Å². The van der Waals surface area contributed by atoms with Crippen molar-refractivity contribution in [2.45, 2.75) is 33.8 Å². The Morgan fingerprint density at radius 3 is 2.76 bits per heavy atom. The number of likely N-dealkylation sites (N-methyl/N-ethyl adjacent to an activating group) is 1. The molecule has 1 N–H and O–H groups in total. The number of fused-ring (bicyclic) bond motifs is 1. The number of carbonyl (C=O) groups excluding carboxylic acids is 2. The summed E-state index contributed by atoms with van der Waals surface area (Å²) in [5, 5.41) is 5.28. The summed E-state index contributed by atoms with van der Waals surface area (Å²) < 4.78 is 5.63. The highest BCUT2D eigenvalue weighted by Crippen LogP contribution is 2.37. The van der Waals surface area contributed by atoms with Crippen LogP contribution >= 0.6 is 11.3 Å². The van der Waals surface area contributed by atoms with E-state index in [1.807, 2.05) is 44.4 Å². The predicted molar refractivity (Wildman–Crippen MR) is 99.1 cm³/mol. The second-order valence-electron chi connectivity index (χ2n) is 7.08. The maximum Gasteiger partial charge on any atom is 0.267 e. The first-order valence-electron chi connectivity index (χ1n) is 8.02. The zero-order valence-electron chi connectivity index (χ0n) is 14.9. The van der Waals surface area contributed by atoms with Gasteiger partial charge in [-0.05, 0) is 25.1 Å². The van der Waals surface area contributed by atoms with Crippen LogP contribution in [0.4, 0.5) is 10.8 Å². The molecule has 2 amide bonds. The van der Waals surface area contributed by atoms with Gasteiger partial charge >= 0.3 is 0 Å². The van der Waals surface area contributed by atoms with Gasteiger partial charge in [0.2, 0.25) is 5.91 Å². The molecule has 0 bridgehead atoms. The summed E-state index contributed by atoms with van der Waals surface area (Å²) in [6.07, 6.45) is -0.484. The molecule has 0 saturated heterocycles. The molecular weight excluding hydrogens is 338 g/mol. The highest BCUT2D eigenvalue weighted by molar-refractivity contribution is 7.14. The van der Waals surface area contributed by atoms with E-state index >= 15 is 0 Å². The molecule has 0 unspecified atom stereocenters. The second-order valence-corrected chi connectivity index (χ2v) is 7.94. The Kier molecular flexibility index (Phi) is 4.28. The van der Waals surface area contributed by atoms with Crippen LogP contribution in [0.2, 0.25) is 0 Å². The Morgan fingerprint density at radius 2 is 2.08 bits per heavy atom. The van der Waals surface area contributed by atoms with Crippen molar-refractivity contribution in [3.05, 3.63) is 23.6 Å². The maximum absolute atomic E-state index is 12.1. The van der Waals surface area contributed by atoms with Gasteiger partial charge < -0.3 is 15.0 Å². The number of hydrogen-bond donors (Lipinski definition) is 1. The third kappa shape index (κ3) is 3.37. The lowest BCUT2D eigenvalue weighted by Gasteiger charge is -2.30. The van der Waals surface area contributed by atoms with Crippen LogP contribution in [-0.4, -0.2) is 29.9 Å². The minimum atomic E-state index is -0.484. The standard InChI is InChI=1S/C18H21N3O3S/c1-10-15(22)21(5)13-8-11(6-7-14(13)24-10)12-9-25-17(19-12)20-16(23)18(2,3)4/h6-10H,1-5H3,(H,19,20,23)/t10-/m0/s1. The molecule has 132 valence electrons. The quantitative estimate of drug-likeness (QED) is 0.890. The molecule has 3 rings (SSSR count). The van der Waals surface area contributed by atoms with Gasteiger partial charge in [0, 0.05) is 23.4 Å². The highest BCUT2D eigenvalue weighted by atomic mass is 32.1. The lowest BCUT2D eigenvalue weighted by molar-refractivity contribution is -0.125. The van der Waals surface area contributed by atoms with Crippen LogP contribution in [0.15, 0.2) is 23.6 Å². The van der Waals surface area contributed by atoms with Crippen molar-refractivity contribution in [2.75, 3.05) is 17.3 Å². The average molecular weight is 359 g/mol. The minimum absolute atomic E-state index is 0.0773. The molecule has 0 spiro atoms. The van der Waals surface area contributed by atoms with Crippen molar-refractivity contribution < 1.29 is 14.3 Å². The number of rotatable bonds is 2. The molecule has 7 heteroatoms. The van der Waals surface area contributed by atoms with Crippen LogP contribution < -0.4 is 15.0 Å². The van der Waals surface area contributed by atoms with Crippen molar-refractivity contribution in [1.82, 2.24) is 4.98 Å². The molecule has 6 nitrogen and oxygen atoms in total. The number of nitrogens with zero attached hydrogens (tertiary/aromatic N) is 2. The molecule has 1 aromatic heterocycles. The van der Waals surface area contributed by atoms with Gasteiger partial charge in [-0.1, -0.05) is 20.8 Å². The van der Waals surface area contributed by atoms with Gasteiger partial charge in [-0.15, -0.1) is 11.3 Å². The van der Waals surface area contributed by atoms with E-state index < -0.39 is 11.5 Å². The van der Waals surface area contributed by atoms with E-state index in [1.54, 1.807) is 18.9 Å². The normalized spacial score (nSPS) is 17.1. The van der Waals surface area contributed by atoms with E-state index in [0.717, 1.165) is 11.3 Å². The SMILES string of the molecule is C[C@@H]1Oc2ccc(-c3csc(NC(=O)C(C)(C)C)n3)cc2N(C)C1=O. The summed E-state index contributed by atoms with van der Waals surface area (Å²) in [5.74, 6) is 0.516. The third-order valence-corrected chi connectivity index (χ3v) is 4.76. The Labute approximate surface area is 150 Å². The number of thiazole rings is 1. The minimum Gasteiger partial charge on any atom is -0.479 e. The summed E-state index contributed by atoms with van der Waals surface area (Å²) in [5.41, 5.74) is 1.85. The predicted octanol–water partition coefficient (Wildman–Crippen LogP) is 3.54. The fourth-order valence-corrected chi connectivity index (χ4v) is 3.13. The number of benzene rings is 1. The first kappa shape index (κ1) is 17.4. The fraction of sp³-hybridized carbons (Fsp3) is 0.389. The molecule has 0 fully saturated rings. The lowest BCUT2D eigenvalue weighted by Crippen LogP contribution is -2.41. The molecule has 1 aromatic carbocycles. The number of amides is 2. The van der Waals surface area contributed by atoms with Gasteiger partial charge in [0.15, 0.2) is 11.2 Å². The van der Waals surface area contributed by atoms with Crippen molar-refractivity contribution >= 4 is 34.0 Å². The number of anilines is 2. The van der Waals surface area contributed by atoms with Crippen LogP contribution in [0.25, 0.3) is 11.3 Å². The van der Waals surface area contributed by atoms with Gasteiger partial charge in [0.25, 0.3) is 5.91 Å². The Hall–Kier alpha value is -2.41. The maximum atomic E-state index is 12.1. The monoisotopic (exact) mass is 359 g/mol. The average Bonchev–Trinajstić information content (AvgIpc) is 3.00. The summed E-state index contributed by atoms with van der Waals surface area (Å²) in [6.45, 7) is 7.30. The molecule has 2 heterocycles. The van der Waals surface area contributed by atoms with Crippen molar-refractivity contribution in [1.29, 1.82) is 0 Å². The zero-order chi connectivity index (χ0) is 18.4. The number of hydrogen-bond acceptors (Lipinski definition) is 5.